The molecule has 0 radical (unpaired) electrons. The predicted octanol–water partition coefficient (Wildman–Crippen LogP) is 4.02. The van der Waals surface area contributed by atoms with E-state index in [2.05, 4.69) is 0 Å². The first-order chi connectivity index (χ1) is 10.4. The van der Waals surface area contributed by atoms with E-state index in [-0.39, 0.29) is 0 Å². The third kappa shape index (κ3) is 3.87. The number of carbonyl (C=O) groups is 1. The summed E-state index contributed by atoms with van der Waals surface area (Å²) < 4.78 is 17.6. The minimum atomic E-state index is -0.836. The summed E-state index contributed by atoms with van der Waals surface area (Å²) in [4.78, 5) is 14.1. The standard InChI is InChI=1S/C17H26BNO4/c1-15(2,3)21-14(20)19(13-11-9-8-10-12-13)18-22-16(4,5)17(6,7)23-18/h8-12H,1-7H3. The van der Waals surface area contributed by atoms with E-state index >= 15 is 0 Å². The maximum absolute atomic E-state index is 12.7. The van der Waals surface area contributed by atoms with Gasteiger partial charge in [-0.2, -0.15) is 0 Å². The molecule has 126 valence electrons. The third-order valence-electron chi connectivity index (χ3n) is 4.08. The molecular weight excluding hydrogens is 293 g/mol. The second kappa shape index (κ2) is 5.84. The topological polar surface area (TPSA) is 48.0 Å². The summed E-state index contributed by atoms with van der Waals surface area (Å²) in [5.41, 5.74) is -1.01. The minimum absolute atomic E-state index is 0.498. The number of para-hydroxylation sites is 1. The number of hydrogen-bond acceptors (Lipinski definition) is 4. The first-order valence-corrected chi connectivity index (χ1v) is 7.86. The maximum atomic E-state index is 12.7. The Bertz CT molecular complexity index is 550. The van der Waals surface area contributed by atoms with Gasteiger partial charge < -0.3 is 14.0 Å². The van der Waals surface area contributed by atoms with E-state index in [4.69, 9.17) is 14.0 Å². The van der Waals surface area contributed by atoms with E-state index in [1.165, 1.54) is 4.81 Å². The zero-order chi connectivity index (χ0) is 17.5. The van der Waals surface area contributed by atoms with Crippen molar-refractivity contribution in [3.05, 3.63) is 30.3 Å². The summed E-state index contributed by atoms with van der Waals surface area (Å²) >= 11 is 0. The number of carbonyl (C=O) groups excluding carboxylic acids is 1. The molecule has 0 atom stereocenters. The normalized spacial score (nSPS) is 19.5. The van der Waals surface area contributed by atoms with Gasteiger partial charge >= 0.3 is 13.3 Å². The van der Waals surface area contributed by atoms with Gasteiger partial charge in [0.15, 0.2) is 0 Å². The van der Waals surface area contributed by atoms with Crippen LogP contribution in [0.2, 0.25) is 0 Å². The molecule has 1 amide bonds. The van der Waals surface area contributed by atoms with Gasteiger partial charge in [0, 0.05) is 5.69 Å². The fraction of sp³-hybridized carbons (Fsp3) is 0.588. The second-order valence-corrected chi connectivity index (χ2v) is 7.75. The fourth-order valence-electron chi connectivity index (χ4n) is 2.13. The van der Waals surface area contributed by atoms with Crippen LogP contribution in [0.3, 0.4) is 0 Å². The Kier molecular flexibility index (Phi) is 4.52. The monoisotopic (exact) mass is 319 g/mol. The molecule has 0 aliphatic carbocycles. The molecule has 5 nitrogen and oxygen atoms in total. The van der Waals surface area contributed by atoms with E-state index in [0.29, 0.717) is 5.69 Å². The highest BCUT2D eigenvalue weighted by atomic mass is 16.7. The fourth-order valence-corrected chi connectivity index (χ4v) is 2.13. The van der Waals surface area contributed by atoms with E-state index in [1.54, 1.807) is 0 Å². The van der Waals surface area contributed by atoms with Crippen molar-refractivity contribution in [3.63, 3.8) is 0 Å². The van der Waals surface area contributed by atoms with Crippen molar-refractivity contribution in [2.75, 3.05) is 4.81 Å². The van der Waals surface area contributed by atoms with Gasteiger partial charge in [0.1, 0.15) is 5.60 Å². The number of ether oxygens (including phenoxy) is 1. The molecule has 0 saturated carbocycles. The quantitative estimate of drug-likeness (QED) is 0.773. The number of nitrogens with zero attached hydrogens (tertiary/aromatic N) is 1. The largest absolute Gasteiger partial charge is 0.604 e. The van der Waals surface area contributed by atoms with Crippen LogP contribution in [0.4, 0.5) is 10.5 Å². The van der Waals surface area contributed by atoms with Gasteiger partial charge in [-0.25, -0.2) is 4.79 Å². The second-order valence-electron chi connectivity index (χ2n) is 7.75. The van der Waals surface area contributed by atoms with Crippen molar-refractivity contribution in [2.45, 2.75) is 65.3 Å². The van der Waals surface area contributed by atoms with Crippen molar-refractivity contribution in [1.82, 2.24) is 0 Å². The van der Waals surface area contributed by atoms with Crippen LogP contribution in [0.15, 0.2) is 30.3 Å². The van der Waals surface area contributed by atoms with E-state index < -0.39 is 30.1 Å². The molecule has 0 bridgehead atoms. The average Bonchev–Trinajstić information content (AvgIpc) is 2.57. The highest BCUT2D eigenvalue weighted by Gasteiger charge is 2.56. The van der Waals surface area contributed by atoms with Crippen molar-refractivity contribution in [3.8, 4) is 0 Å². The highest BCUT2D eigenvalue weighted by Crippen LogP contribution is 2.39. The van der Waals surface area contributed by atoms with Crippen LogP contribution in [0.25, 0.3) is 0 Å². The van der Waals surface area contributed by atoms with Crippen molar-refractivity contribution < 1.29 is 18.8 Å². The maximum Gasteiger partial charge on any atom is 0.604 e. The van der Waals surface area contributed by atoms with Gasteiger partial charge in [-0.15, -0.1) is 0 Å². The number of hydrogen-bond donors (Lipinski definition) is 0. The van der Waals surface area contributed by atoms with Crippen LogP contribution in [0.5, 0.6) is 0 Å². The molecule has 2 rings (SSSR count). The van der Waals surface area contributed by atoms with Crippen LogP contribution < -0.4 is 4.81 Å². The number of anilines is 1. The molecule has 0 aromatic heterocycles. The molecule has 1 fully saturated rings. The van der Waals surface area contributed by atoms with Crippen molar-refractivity contribution >= 4 is 19.0 Å². The first kappa shape index (κ1) is 17.8. The minimum Gasteiger partial charge on any atom is -0.444 e. The van der Waals surface area contributed by atoms with E-state index in [9.17, 15) is 4.79 Å². The lowest BCUT2D eigenvalue weighted by Gasteiger charge is -2.32. The summed E-state index contributed by atoms with van der Waals surface area (Å²) in [6, 6.07) is 9.26. The zero-order valence-corrected chi connectivity index (χ0v) is 15.0. The lowest BCUT2D eigenvalue weighted by Crippen LogP contribution is -2.48. The summed E-state index contributed by atoms with van der Waals surface area (Å²) in [6.45, 7) is 13.3. The Hall–Kier alpha value is -1.53. The molecule has 1 aromatic rings. The summed E-state index contributed by atoms with van der Waals surface area (Å²) in [6.07, 6.45) is -0.498. The number of benzene rings is 1. The SMILES string of the molecule is CC(C)(C)OC(=O)N(B1OC(C)(C)C(C)(C)O1)c1ccccc1. The van der Waals surface area contributed by atoms with Crippen LogP contribution in [-0.4, -0.2) is 30.1 Å². The molecule has 0 spiro atoms. The lowest BCUT2D eigenvalue weighted by molar-refractivity contribution is 0.00578. The number of rotatable bonds is 2. The molecule has 6 heteroatoms. The summed E-state index contributed by atoms with van der Waals surface area (Å²) in [5, 5.41) is 0. The lowest BCUT2D eigenvalue weighted by atomic mass is 9.90. The van der Waals surface area contributed by atoms with Gasteiger partial charge in [-0.3, -0.25) is 4.81 Å². The van der Waals surface area contributed by atoms with Crippen LogP contribution in [0.1, 0.15) is 48.5 Å². The van der Waals surface area contributed by atoms with Crippen molar-refractivity contribution in [1.29, 1.82) is 0 Å². The Morgan fingerprint density at radius 1 is 1.04 bits per heavy atom. The van der Waals surface area contributed by atoms with Crippen molar-refractivity contribution in [2.24, 2.45) is 0 Å². The molecule has 0 N–H and O–H groups in total. The average molecular weight is 319 g/mol. The van der Waals surface area contributed by atoms with Gasteiger partial charge in [-0.05, 0) is 60.6 Å². The smallest absolute Gasteiger partial charge is 0.444 e. The van der Waals surface area contributed by atoms with Gasteiger partial charge in [-0.1, -0.05) is 18.2 Å². The Morgan fingerprint density at radius 2 is 1.52 bits per heavy atom. The summed E-state index contributed by atoms with van der Waals surface area (Å²) in [7, 11) is -0.836. The third-order valence-corrected chi connectivity index (χ3v) is 4.08. The van der Waals surface area contributed by atoms with Gasteiger partial charge in [0.05, 0.1) is 11.2 Å². The molecule has 0 unspecified atom stereocenters. The molecule has 1 aliphatic rings. The Balaban J connectivity index is 2.34. The molecular formula is C17H26BNO4. The number of amides is 1. The van der Waals surface area contributed by atoms with Crippen LogP contribution in [-0.2, 0) is 14.0 Å². The van der Waals surface area contributed by atoms with Gasteiger partial charge in [0.25, 0.3) is 0 Å². The highest BCUT2D eigenvalue weighted by molar-refractivity contribution is 6.56. The molecule has 23 heavy (non-hydrogen) atoms. The summed E-state index contributed by atoms with van der Waals surface area (Å²) in [5.74, 6) is 0. The predicted molar refractivity (Wildman–Crippen MR) is 91.2 cm³/mol. The molecule has 1 aromatic carbocycles. The van der Waals surface area contributed by atoms with Crippen LogP contribution in [0, 0.1) is 0 Å². The first-order valence-electron chi connectivity index (χ1n) is 7.86. The molecule has 1 aliphatic heterocycles. The Morgan fingerprint density at radius 3 is 1.96 bits per heavy atom. The Labute approximate surface area is 139 Å². The molecule has 1 heterocycles. The molecule has 1 saturated heterocycles. The van der Waals surface area contributed by atoms with E-state index in [0.717, 1.165) is 0 Å². The zero-order valence-electron chi connectivity index (χ0n) is 15.0. The van der Waals surface area contributed by atoms with Gasteiger partial charge in [0.2, 0.25) is 0 Å². The van der Waals surface area contributed by atoms with Crippen LogP contribution >= 0.6 is 0 Å². The van der Waals surface area contributed by atoms with E-state index in [1.807, 2.05) is 78.8 Å².